The maximum atomic E-state index is 5.62. The molecule has 78 valence electrons. The summed E-state index contributed by atoms with van der Waals surface area (Å²) in [5, 5.41) is 0. The molecule has 1 aliphatic rings. The average Bonchev–Trinajstić information content (AvgIpc) is 1.91. The van der Waals surface area contributed by atoms with Crippen molar-refractivity contribution in [1.29, 1.82) is 0 Å². The molecule has 0 heterocycles. The van der Waals surface area contributed by atoms with Gasteiger partial charge in [0.25, 0.3) is 0 Å². The normalized spacial score (nSPS) is 28.6. The summed E-state index contributed by atoms with van der Waals surface area (Å²) in [6.07, 6.45) is 2.96. The minimum Gasteiger partial charge on any atom is -0.382 e. The Hall–Kier alpha value is -0.0800. The molecule has 0 saturated heterocycles. The number of hydrogen-bond acceptors (Lipinski definition) is 2. The molecule has 1 fully saturated rings. The second-order valence-corrected chi connectivity index (χ2v) is 5.02. The van der Waals surface area contributed by atoms with Crippen LogP contribution in [0.2, 0.25) is 0 Å². The first-order valence-electron chi connectivity index (χ1n) is 5.14. The Morgan fingerprint density at radius 1 is 1.15 bits per heavy atom. The third-order valence-electron chi connectivity index (χ3n) is 2.96. The molecule has 0 aromatic heterocycles. The number of ether oxygens (including phenoxy) is 2. The van der Waals surface area contributed by atoms with Crippen molar-refractivity contribution in [2.75, 3.05) is 20.3 Å². The van der Waals surface area contributed by atoms with E-state index in [9.17, 15) is 0 Å². The molecule has 0 radical (unpaired) electrons. The van der Waals surface area contributed by atoms with E-state index in [1.54, 1.807) is 7.11 Å². The highest BCUT2D eigenvalue weighted by Crippen LogP contribution is 2.42. The predicted octanol–water partition coefficient (Wildman–Crippen LogP) is 2.47. The van der Waals surface area contributed by atoms with E-state index in [1.807, 2.05) is 0 Å². The Kier molecular flexibility index (Phi) is 3.74. The standard InChI is InChI=1S/C11H22O2/c1-11(2,3)9-7-10(8-9)13-6-5-12-4/h9-10H,5-8H2,1-4H3. The van der Waals surface area contributed by atoms with E-state index in [0.29, 0.717) is 11.5 Å². The number of hydrogen-bond donors (Lipinski definition) is 0. The SMILES string of the molecule is COCCOC1CC(C(C)(C)C)C1. The molecule has 0 N–H and O–H groups in total. The highest BCUT2D eigenvalue weighted by atomic mass is 16.5. The van der Waals surface area contributed by atoms with Gasteiger partial charge >= 0.3 is 0 Å². The van der Waals surface area contributed by atoms with Crippen LogP contribution in [0.5, 0.6) is 0 Å². The van der Waals surface area contributed by atoms with Crippen molar-refractivity contribution in [2.45, 2.75) is 39.7 Å². The highest BCUT2D eigenvalue weighted by molar-refractivity contribution is 4.87. The van der Waals surface area contributed by atoms with Gasteiger partial charge in [-0.2, -0.15) is 0 Å². The van der Waals surface area contributed by atoms with Crippen LogP contribution in [0, 0.1) is 11.3 Å². The van der Waals surface area contributed by atoms with Gasteiger partial charge < -0.3 is 9.47 Å². The van der Waals surface area contributed by atoms with Gasteiger partial charge in [0.05, 0.1) is 19.3 Å². The Morgan fingerprint density at radius 3 is 2.23 bits per heavy atom. The molecule has 0 aromatic carbocycles. The van der Waals surface area contributed by atoms with Crippen LogP contribution in [0.4, 0.5) is 0 Å². The maximum absolute atomic E-state index is 5.62. The molecule has 1 aliphatic carbocycles. The molecule has 2 heteroatoms. The summed E-state index contributed by atoms with van der Waals surface area (Å²) in [6, 6.07) is 0. The van der Waals surface area contributed by atoms with Gasteiger partial charge in [0.1, 0.15) is 0 Å². The first-order chi connectivity index (χ1) is 6.04. The van der Waals surface area contributed by atoms with Crippen LogP contribution < -0.4 is 0 Å². The van der Waals surface area contributed by atoms with Gasteiger partial charge in [0, 0.05) is 7.11 Å². The van der Waals surface area contributed by atoms with E-state index in [0.717, 1.165) is 19.1 Å². The van der Waals surface area contributed by atoms with Crippen molar-refractivity contribution in [3.05, 3.63) is 0 Å². The lowest BCUT2D eigenvalue weighted by molar-refractivity contribution is -0.0734. The molecule has 0 unspecified atom stereocenters. The van der Waals surface area contributed by atoms with Crippen LogP contribution in [0.1, 0.15) is 33.6 Å². The minimum absolute atomic E-state index is 0.459. The fourth-order valence-electron chi connectivity index (χ4n) is 1.71. The summed E-state index contributed by atoms with van der Waals surface area (Å²) >= 11 is 0. The lowest BCUT2D eigenvalue weighted by Gasteiger charge is -2.43. The first-order valence-corrected chi connectivity index (χ1v) is 5.14. The molecule has 1 saturated carbocycles. The second kappa shape index (κ2) is 4.43. The van der Waals surface area contributed by atoms with Gasteiger partial charge in [-0.15, -0.1) is 0 Å². The Morgan fingerprint density at radius 2 is 1.77 bits per heavy atom. The van der Waals surface area contributed by atoms with Crippen LogP contribution in [-0.4, -0.2) is 26.4 Å². The Bertz CT molecular complexity index is 143. The van der Waals surface area contributed by atoms with Crippen molar-refractivity contribution in [3.63, 3.8) is 0 Å². The maximum Gasteiger partial charge on any atom is 0.0704 e. The minimum atomic E-state index is 0.459. The summed E-state index contributed by atoms with van der Waals surface area (Å²) < 4.78 is 10.5. The zero-order valence-corrected chi connectivity index (χ0v) is 9.30. The van der Waals surface area contributed by atoms with Crippen LogP contribution in [0.15, 0.2) is 0 Å². The van der Waals surface area contributed by atoms with Gasteiger partial charge in [-0.3, -0.25) is 0 Å². The molecule has 0 aromatic rings. The van der Waals surface area contributed by atoms with E-state index in [2.05, 4.69) is 20.8 Å². The summed E-state index contributed by atoms with van der Waals surface area (Å²) in [7, 11) is 1.71. The quantitative estimate of drug-likeness (QED) is 0.628. The number of rotatable bonds is 4. The largest absolute Gasteiger partial charge is 0.382 e. The molecule has 1 rings (SSSR count). The smallest absolute Gasteiger partial charge is 0.0704 e. The summed E-state index contributed by atoms with van der Waals surface area (Å²) in [4.78, 5) is 0. The molecule has 0 spiro atoms. The van der Waals surface area contributed by atoms with Crippen molar-refractivity contribution in [3.8, 4) is 0 Å². The zero-order chi connectivity index (χ0) is 9.90. The first kappa shape index (κ1) is 11.0. The lowest BCUT2D eigenvalue weighted by Crippen LogP contribution is -2.39. The molecular weight excluding hydrogens is 164 g/mol. The van der Waals surface area contributed by atoms with Crippen LogP contribution in [-0.2, 0) is 9.47 Å². The fraction of sp³-hybridized carbons (Fsp3) is 1.00. The zero-order valence-electron chi connectivity index (χ0n) is 9.30. The molecule has 0 bridgehead atoms. The van der Waals surface area contributed by atoms with Gasteiger partial charge in [-0.05, 0) is 24.2 Å². The number of methoxy groups -OCH3 is 1. The predicted molar refractivity (Wildman–Crippen MR) is 53.8 cm³/mol. The Balaban J connectivity index is 2.05. The van der Waals surface area contributed by atoms with Crippen molar-refractivity contribution >= 4 is 0 Å². The lowest BCUT2D eigenvalue weighted by atomic mass is 9.67. The molecule has 0 amide bonds. The van der Waals surface area contributed by atoms with Crippen molar-refractivity contribution in [2.24, 2.45) is 11.3 Å². The fourth-order valence-corrected chi connectivity index (χ4v) is 1.71. The molecule has 2 nitrogen and oxygen atoms in total. The van der Waals surface area contributed by atoms with Crippen LogP contribution in [0.3, 0.4) is 0 Å². The van der Waals surface area contributed by atoms with E-state index in [4.69, 9.17) is 9.47 Å². The van der Waals surface area contributed by atoms with Gasteiger partial charge in [0.15, 0.2) is 0 Å². The van der Waals surface area contributed by atoms with E-state index < -0.39 is 0 Å². The van der Waals surface area contributed by atoms with Crippen LogP contribution >= 0.6 is 0 Å². The second-order valence-electron chi connectivity index (χ2n) is 5.02. The Labute approximate surface area is 81.6 Å². The van der Waals surface area contributed by atoms with E-state index in [1.165, 1.54) is 12.8 Å². The molecule has 0 aliphatic heterocycles. The van der Waals surface area contributed by atoms with E-state index >= 15 is 0 Å². The topological polar surface area (TPSA) is 18.5 Å². The van der Waals surface area contributed by atoms with Gasteiger partial charge in [-0.1, -0.05) is 20.8 Å². The average molecular weight is 186 g/mol. The molecule has 13 heavy (non-hydrogen) atoms. The van der Waals surface area contributed by atoms with Crippen LogP contribution in [0.25, 0.3) is 0 Å². The van der Waals surface area contributed by atoms with Gasteiger partial charge in [-0.25, -0.2) is 0 Å². The molecular formula is C11H22O2. The van der Waals surface area contributed by atoms with Crippen molar-refractivity contribution in [1.82, 2.24) is 0 Å². The third-order valence-corrected chi connectivity index (χ3v) is 2.96. The van der Waals surface area contributed by atoms with Crippen molar-refractivity contribution < 1.29 is 9.47 Å². The summed E-state index contributed by atoms with van der Waals surface area (Å²) in [6.45, 7) is 8.39. The molecule has 0 atom stereocenters. The highest BCUT2D eigenvalue weighted by Gasteiger charge is 2.37. The summed E-state index contributed by atoms with van der Waals surface area (Å²) in [5.74, 6) is 0.847. The monoisotopic (exact) mass is 186 g/mol. The van der Waals surface area contributed by atoms with Gasteiger partial charge in [0.2, 0.25) is 0 Å². The third kappa shape index (κ3) is 3.28. The van der Waals surface area contributed by atoms with E-state index in [-0.39, 0.29) is 0 Å². The summed E-state index contributed by atoms with van der Waals surface area (Å²) in [5.41, 5.74) is 0.459.